The Morgan fingerprint density at radius 2 is 2.09 bits per heavy atom. The molecule has 128 valence electrons. The molecule has 0 aromatic carbocycles. The maximum Gasteiger partial charge on any atom is 0.410 e. The van der Waals surface area contributed by atoms with Crippen LogP contribution in [0.4, 0.5) is 4.79 Å². The van der Waals surface area contributed by atoms with Gasteiger partial charge in [-0.1, -0.05) is 0 Å². The zero-order valence-corrected chi connectivity index (χ0v) is 14.1. The van der Waals surface area contributed by atoms with Gasteiger partial charge in [0.1, 0.15) is 11.6 Å². The van der Waals surface area contributed by atoms with Crippen LogP contribution in [0.15, 0.2) is 27.9 Å². The highest BCUT2D eigenvalue weighted by Gasteiger charge is 2.38. The molecule has 0 aliphatic carbocycles. The van der Waals surface area contributed by atoms with Crippen molar-refractivity contribution in [2.75, 3.05) is 6.54 Å². The second-order valence-electron chi connectivity index (χ2n) is 6.23. The maximum absolute atomic E-state index is 12.3. The predicted octanol–water partition coefficient (Wildman–Crippen LogP) is 1.48. The van der Waals surface area contributed by atoms with Crippen molar-refractivity contribution < 1.29 is 27.2 Å². The summed E-state index contributed by atoms with van der Waals surface area (Å²) in [4.78, 5) is 25.6. The first-order chi connectivity index (χ1) is 10.6. The van der Waals surface area contributed by atoms with Gasteiger partial charge in [-0.2, -0.15) is 8.42 Å². The normalized spacial score (nSPS) is 18.7. The number of carbonyl (C=O) groups is 2. The van der Waals surface area contributed by atoms with E-state index < -0.39 is 33.7 Å². The molecule has 2 rings (SSSR count). The first kappa shape index (κ1) is 17.3. The number of hydrogen-bond acceptors (Lipinski definition) is 6. The van der Waals surface area contributed by atoms with Crippen LogP contribution in [-0.4, -0.2) is 43.5 Å². The summed E-state index contributed by atoms with van der Waals surface area (Å²) in [6.45, 7) is 5.50. The average Bonchev–Trinajstić information content (AvgIpc) is 3.08. The lowest BCUT2D eigenvalue weighted by atomic mass is 10.2. The van der Waals surface area contributed by atoms with Crippen LogP contribution in [-0.2, 0) is 19.6 Å². The molecule has 0 radical (unpaired) electrons. The van der Waals surface area contributed by atoms with Gasteiger partial charge in [-0.3, -0.25) is 9.69 Å². The van der Waals surface area contributed by atoms with Gasteiger partial charge in [0.05, 0.1) is 6.26 Å². The number of nitrogens with zero attached hydrogens (tertiary/aromatic N) is 1. The molecule has 2 heterocycles. The van der Waals surface area contributed by atoms with E-state index in [0.717, 1.165) is 0 Å². The van der Waals surface area contributed by atoms with E-state index in [0.29, 0.717) is 19.4 Å². The summed E-state index contributed by atoms with van der Waals surface area (Å²) in [6, 6.07) is 1.76. The summed E-state index contributed by atoms with van der Waals surface area (Å²) < 4.78 is 36.0. The minimum absolute atomic E-state index is 0.341. The average molecular weight is 344 g/mol. The van der Waals surface area contributed by atoms with Gasteiger partial charge in [-0.05, 0) is 45.7 Å². The number of amides is 2. The highest BCUT2D eigenvalue weighted by molar-refractivity contribution is 7.89. The molecule has 0 unspecified atom stereocenters. The number of rotatable bonds is 3. The predicted molar refractivity (Wildman–Crippen MR) is 80.0 cm³/mol. The Bertz CT molecular complexity index is 675. The van der Waals surface area contributed by atoms with Crippen LogP contribution >= 0.6 is 0 Å². The number of likely N-dealkylation sites (tertiary alicyclic amines) is 1. The van der Waals surface area contributed by atoms with Crippen molar-refractivity contribution in [2.24, 2.45) is 0 Å². The summed E-state index contributed by atoms with van der Waals surface area (Å²) in [7, 11) is -4.08. The quantitative estimate of drug-likeness (QED) is 0.890. The van der Waals surface area contributed by atoms with E-state index in [4.69, 9.17) is 9.15 Å². The van der Waals surface area contributed by atoms with Crippen LogP contribution in [0.5, 0.6) is 0 Å². The first-order valence-electron chi connectivity index (χ1n) is 7.20. The number of nitrogens with one attached hydrogen (secondary N) is 1. The number of furan rings is 1. The van der Waals surface area contributed by atoms with E-state index >= 15 is 0 Å². The highest BCUT2D eigenvalue weighted by Crippen LogP contribution is 2.21. The lowest BCUT2D eigenvalue weighted by Crippen LogP contribution is -2.48. The molecule has 1 aromatic heterocycles. The summed E-state index contributed by atoms with van der Waals surface area (Å²) in [6.07, 6.45) is 1.53. The third kappa shape index (κ3) is 4.25. The SMILES string of the molecule is CC(C)(C)OC(=O)N1CCC[C@H]1C(=O)NS(=O)(=O)c1ccco1. The van der Waals surface area contributed by atoms with Crippen LogP contribution in [0.2, 0.25) is 0 Å². The third-order valence-corrected chi connectivity index (χ3v) is 4.41. The molecule has 0 bridgehead atoms. The lowest BCUT2D eigenvalue weighted by molar-refractivity contribution is -0.123. The third-order valence-electron chi connectivity index (χ3n) is 3.18. The molecule has 1 aliphatic heterocycles. The van der Waals surface area contributed by atoms with Crippen LogP contribution in [0.3, 0.4) is 0 Å². The molecule has 1 aliphatic rings. The second kappa shape index (κ2) is 6.23. The van der Waals surface area contributed by atoms with Crippen LogP contribution in [0, 0.1) is 0 Å². The highest BCUT2D eigenvalue weighted by atomic mass is 32.2. The largest absolute Gasteiger partial charge is 0.451 e. The minimum Gasteiger partial charge on any atom is -0.451 e. The van der Waals surface area contributed by atoms with Gasteiger partial charge in [0.25, 0.3) is 15.9 Å². The van der Waals surface area contributed by atoms with Crippen molar-refractivity contribution in [1.82, 2.24) is 9.62 Å². The fourth-order valence-corrected chi connectivity index (χ4v) is 3.19. The standard InChI is InChI=1S/C14H20N2O6S/c1-14(2,3)22-13(18)16-8-4-6-10(16)12(17)15-23(19,20)11-7-5-9-21-11/h5,7,9-10H,4,6,8H2,1-3H3,(H,15,17)/t10-/m0/s1. The van der Waals surface area contributed by atoms with Crippen molar-refractivity contribution in [3.63, 3.8) is 0 Å². The van der Waals surface area contributed by atoms with Gasteiger partial charge in [-0.25, -0.2) is 9.52 Å². The monoisotopic (exact) mass is 344 g/mol. The van der Waals surface area contributed by atoms with Gasteiger partial charge in [0.15, 0.2) is 0 Å². The summed E-state index contributed by atoms with van der Waals surface area (Å²) in [5.74, 6) is -0.773. The summed E-state index contributed by atoms with van der Waals surface area (Å²) in [5.41, 5.74) is -0.694. The molecule has 23 heavy (non-hydrogen) atoms. The molecule has 0 saturated carbocycles. The van der Waals surface area contributed by atoms with Crippen LogP contribution in [0.1, 0.15) is 33.6 Å². The molecule has 1 fully saturated rings. The lowest BCUT2D eigenvalue weighted by Gasteiger charge is -2.27. The fourth-order valence-electron chi connectivity index (χ4n) is 2.25. The maximum atomic E-state index is 12.3. The molecule has 8 nitrogen and oxygen atoms in total. The Morgan fingerprint density at radius 3 is 2.65 bits per heavy atom. The van der Waals surface area contributed by atoms with Crippen molar-refractivity contribution >= 4 is 22.0 Å². The number of ether oxygens (including phenoxy) is 1. The summed E-state index contributed by atoms with van der Waals surface area (Å²) >= 11 is 0. The smallest absolute Gasteiger partial charge is 0.410 e. The molecule has 9 heteroatoms. The topological polar surface area (TPSA) is 106 Å². The van der Waals surface area contributed by atoms with E-state index in [1.807, 2.05) is 4.72 Å². The zero-order valence-electron chi connectivity index (χ0n) is 13.2. The number of hydrogen-bond donors (Lipinski definition) is 1. The second-order valence-corrected chi connectivity index (χ2v) is 7.85. The van der Waals surface area contributed by atoms with Crippen LogP contribution < -0.4 is 4.72 Å². The molecule has 1 aromatic rings. The molecule has 1 N–H and O–H groups in total. The van der Waals surface area contributed by atoms with E-state index in [1.54, 1.807) is 20.8 Å². The fraction of sp³-hybridized carbons (Fsp3) is 0.571. The molecule has 0 spiro atoms. The zero-order chi connectivity index (χ0) is 17.3. The van der Waals surface area contributed by atoms with Crippen molar-refractivity contribution in [3.05, 3.63) is 18.4 Å². The molecular formula is C14H20N2O6S. The molecule has 1 atom stereocenters. The molecular weight excluding hydrogens is 324 g/mol. The Labute approximate surface area is 134 Å². The van der Waals surface area contributed by atoms with Gasteiger partial charge in [0, 0.05) is 6.54 Å². The Morgan fingerprint density at radius 1 is 1.39 bits per heavy atom. The van der Waals surface area contributed by atoms with Crippen molar-refractivity contribution in [2.45, 2.75) is 50.3 Å². The Hall–Kier alpha value is -2.03. The molecule has 1 saturated heterocycles. The van der Waals surface area contributed by atoms with E-state index in [-0.39, 0.29) is 5.09 Å². The van der Waals surface area contributed by atoms with Gasteiger partial charge in [0.2, 0.25) is 5.09 Å². The molecule has 2 amide bonds. The number of carbonyl (C=O) groups excluding carboxylic acids is 2. The van der Waals surface area contributed by atoms with Crippen molar-refractivity contribution in [1.29, 1.82) is 0 Å². The van der Waals surface area contributed by atoms with Crippen molar-refractivity contribution in [3.8, 4) is 0 Å². The summed E-state index contributed by atoms with van der Waals surface area (Å²) in [5, 5.41) is -0.354. The van der Waals surface area contributed by atoms with Gasteiger partial charge >= 0.3 is 6.09 Å². The minimum atomic E-state index is -4.08. The van der Waals surface area contributed by atoms with E-state index in [1.165, 1.54) is 23.3 Å². The van der Waals surface area contributed by atoms with E-state index in [9.17, 15) is 18.0 Å². The van der Waals surface area contributed by atoms with Gasteiger partial charge in [-0.15, -0.1) is 0 Å². The van der Waals surface area contributed by atoms with Crippen LogP contribution in [0.25, 0.3) is 0 Å². The number of sulfonamides is 1. The Balaban J connectivity index is 2.08. The van der Waals surface area contributed by atoms with Gasteiger partial charge < -0.3 is 9.15 Å². The first-order valence-corrected chi connectivity index (χ1v) is 8.68. The Kier molecular flexibility index (Phi) is 4.69. The van der Waals surface area contributed by atoms with E-state index in [2.05, 4.69) is 0 Å².